The van der Waals surface area contributed by atoms with Crippen molar-refractivity contribution in [2.45, 2.75) is 26.4 Å². The van der Waals surface area contributed by atoms with Gasteiger partial charge < -0.3 is 9.73 Å². The number of nitrogens with zero attached hydrogens (tertiary/aromatic N) is 2. The fraction of sp³-hybridized carbons (Fsp3) is 0.333. The van der Waals surface area contributed by atoms with Gasteiger partial charge in [0.15, 0.2) is 0 Å². The average Bonchev–Trinajstić information content (AvgIpc) is 2.74. The molecule has 2 rings (SSSR count). The van der Waals surface area contributed by atoms with Gasteiger partial charge in [-0.15, -0.1) is 0 Å². The molecule has 0 aliphatic carbocycles. The number of hydrogen-bond donors (Lipinski definition) is 1. The summed E-state index contributed by atoms with van der Waals surface area (Å²) in [5, 5.41) is 11.2. The molecule has 16 heavy (non-hydrogen) atoms. The van der Waals surface area contributed by atoms with Crippen molar-refractivity contribution in [1.82, 2.24) is 15.5 Å². The van der Waals surface area contributed by atoms with Crippen LogP contribution in [0, 0.1) is 6.92 Å². The van der Waals surface area contributed by atoms with Crippen LogP contribution in [0.4, 0.5) is 0 Å². The van der Waals surface area contributed by atoms with Gasteiger partial charge in [-0.05, 0) is 38.1 Å². The predicted octanol–water partition coefficient (Wildman–Crippen LogP) is 2.23. The Morgan fingerprint density at radius 2 is 2.25 bits per heavy atom. The summed E-state index contributed by atoms with van der Waals surface area (Å²) in [6.07, 6.45) is 1.67. The number of aryl methyl sites for hydroxylation is 1. The molecule has 0 aliphatic heterocycles. The minimum Gasteiger partial charge on any atom is -0.465 e. The lowest BCUT2D eigenvalue weighted by Crippen LogP contribution is -2.18. The third kappa shape index (κ3) is 2.67. The van der Waals surface area contributed by atoms with Crippen LogP contribution < -0.4 is 5.32 Å². The molecule has 0 saturated carbocycles. The summed E-state index contributed by atoms with van der Waals surface area (Å²) in [6, 6.07) is 7.96. The number of furan rings is 1. The molecule has 84 valence electrons. The lowest BCUT2D eigenvalue weighted by atomic mass is 10.2. The van der Waals surface area contributed by atoms with E-state index in [-0.39, 0.29) is 6.04 Å². The third-order valence-corrected chi connectivity index (χ3v) is 2.40. The monoisotopic (exact) mass is 217 g/mol. The molecule has 2 aromatic rings. The standard InChI is InChI=1S/C12H15N3O/c1-9-5-6-12(16-9)10(2)13-8-11-4-3-7-14-15-11/h3-7,10,13H,8H2,1-2H3. The molecule has 0 fully saturated rings. The topological polar surface area (TPSA) is 51.0 Å². The van der Waals surface area contributed by atoms with Gasteiger partial charge >= 0.3 is 0 Å². The van der Waals surface area contributed by atoms with E-state index in [1.54, 1.807) is 6.20 Å². The Bertz CT molecular complexity index is 439. The Morgan fingerprint density at radius 1 is 1.38 bits per heavy atom. The molecular weight excluding hydrogens is 202 g/mol. The maximum absolute atomic E-state index is 5.54. The van der Waals surface area contributed by atoms with E-state index < -0.39 is 0 Å². The molecule has 0 spiro atoms. The van der Waals surface area contributed by atoms with Crippen LogP contribution in [0.25, 0.3) is 0 Å². The minimum atomic E-state index is 0.177. The van der Waals surface area contributed by atoms with Crippen LogP contribution >= 0.6 is 0 Å². The van der Waals surface area contributed by atoms with E-state index in [0.717, 1.165) is 17.2 Å². The van der Waals surface area contributed by atoms with Gasteiger partial charge in [-0.3, -0.25) is 0 Å². The maximum atomic E-state index is 5.54. The molecule has 0 radical (unpaired) electrons. The van der Waals surface area contributed by atoms with Gasteiger partial charge in [-0.25, -0.2) is 0 Å². The third-order valence-electron chi connectivity index (χ3n) is 2.40. The van der Waals surface area contributed by atoms with E-state index in [2.05, 4.69) is 22.4 Å². The first-order valence-corrected chi connectivity index (χ1v) is 5.32. The van der Waals surface area contributed by atoms with Crippen LogP contribution in [0.1, 0.15) is 30.2 Å². The first-order valence-electron chi connectivity index (χ1n) is 5.32. The van der Waals surface area contributed by atoms with Gasteiger partial charge in [0.25, 0.3) is 0 Å². The summed E-state index contributed by atoms with van der Waals surface area (Å²) in [6.45, 7) is 4.70. The van der Waals surface area contributed by atoms with Gasteiger partial charge in [0.2, 0.25) is 0 Å². The Balaban J connectivity index is 1.91. The van der Waals surface area contributed by atoms with Crippen LogP contribution in [0.3, 0.4) is 0 Å². The summed E-state index contributed by atoms with van der Waals surface area (Å²) < 4.78 is 5.54. The zero-order valence-corrected chi connectivity index (χ0v) is 9.47. The highest BCUT2D eigenvalue weighted by Crippen LogP contribution is 2.15. The molecule has 0 aromatic carbocycles. The van der Waals surface area contributed by atoms with Crippen LogP contribution in [0.2, 0.25) is 0 Å². The minimum absolute atomic E-state index is 0.177. The molecule has 2 aromatic heterocycles. The molecule has 1 N–H and O–H groups in total. The molecular formula is C12H15N3O. The molecule has 0 saturated heterocycles. The van der Waals surface area contributed by atoms with E-state index in [1.165, 1.54) is 0 Å². The quantitative estimate of drug-likeness (QED) is 0.853. The normalized spacial score (nSPS) is 12.6. The predicted molar refractivity (Wildman–Crippen MR) is 60.7 cm³/mol. The van der Waals surface area contributed by atoms with E-state index >= 15 is 0 Å². The summed E-state index contributed by atoms with van der Waals surface area (Å²) in [7, 11) is 0. The first kappa shape index (κ1) is 10.8. The van der Waals surface area contributed by atoms with Gasteiger partial charge in [0, 0.05) is 12.7 Å². The van der Waals surface area contributed by atoms with Gasteiger partial charge in [-0.1, -0.05) is 0 Å². The first-order chi connectivity index (χ1) is 7.75. The second-order valence-corrected chi connectivity index (χ2v) is 3.77. The van der Waals surface area contributed by atoms with Gasteiger partial charge in [-0.2, -0.15) is 10.2 Å². The molecule has 2 heterocycles. The number of hydrogen-bond acceptors (Lipinski definition) is 4. The van der Waals surface area contributed by atoms with E-state index in [4.69, 9.17) is 4.42 Å². The summed E-state index contributed by atoms with van der Waals surface area (Å²) in [4.78, 5) is 0. The van der Waals surface area contributed by atoms with Crippen LogP contribution in [0.15, 0.2) is 34.9 Å². The van der Waals surface area contributed by atoms with Crippen molar-refractivity contribution in [3.8, 4) is 0 Å². The Labute approximate surface area is 94.7 Å². The molecule has 4 nitrogen and oxygen atoms in total. The Kier molecular flexibility index (Phi) is 3.31. The van der Waals surface area contributed by atoms with Crippen LogP contribution in [0.5, 0.6) is 0 Å². The SMILES string of the molecule is Cc1ccc(C(C)NCc2cccnn2)o1. The van der Waals surface area contributed by atoms with Crippen molar-refractivity contribution in [3.05, 3.63) is 47.7 Å². The van der Waals surface area contributed by atoms with Gasteiger partial charge in [0.05, 0.1) is 11.7 Å². The summed E-state index contributed by atoms with van der Waals surface area (Å²) in [5.41, 5.74) is 0.928. The smallest absolute Gasteiger partial charge is 0.120 e. The van der Waals surface area contributed by atoms with Crippen LogP contribution in [-0.4, -0.2) is 10.2 Å². The van der Waals surface area contributed by atoms with Crippen molar-refractivity contribution in [2.75, 3.05) is 0 Å². The number of aromatic nitrogens is 2. The van der Waals surface area contributed by atoms with Crippen molar-refractivity contribution >= 4 is 0 Å². The Hall–Kier alpha value is -1.68. The van der Waals surface area contributed by atoms with E-state index in [1.807, 2.05) is 31.2 Å². The zero-order chi connectivity index (χ0) is 11.4. The van der Waals surface area contributed by atoms with Crippen molar-refractivity contribution in [2.24, 2.45) is 0 Å². The zero-order valence-electron chi connectivity index (χ0n) is 9.47. The molecule has 1 atom stereocenters. The van der Waals surface area contributed by atoms with Crippen molar-refractivity contribution < 1.29 is 4.42 Å². The van der Waals surface area contributed by atoms with Crippen molar-refractivity contribution in [1.29, 1.82) is 0 Å². The fourth-order valence-corrected chi connectivity index (χ4v) is 1.47. The largest absolute Gasteiger partial charge is 0.465 e. The fourth-order valence-electron chi connectivity index (χ4n) is 1.47. The Morgan fingerprint density at radius 3 is 2.88 bits per heavy atom. The van der Waals surface area contributed by atoms with E-state index in [9.17, 15) is 0 Å². The van der Waals surface area contributed by atoms with Gasteiger partial charge in [0.1, 0.15) is 11.5 Å². The second-order valence-electron chi connectivity index (χ2n) is 3.77. The summed E-state index contributed by atoms with van der Waals surface area (Å²) in [5.74, 6) is 1.88. The molecule has 1 unspecified atom stereocenters. The lowest BCUT2D eigenvalue weighted by Gasteiger charge is -2.10. The second kappa shape index (κ2) is 4.90. The highest BCUT2D eigenvalue weighted by Gasteiger charge is 2.08. The molecule has 0 bridgehead atoms. The number of nitrogens with one attached hydrogen (secondary N) is 1. The lowest BCUT2D eigenvalue weighted by molar-refractivity contribution is 0.414. The maximum Gasteiger partial charge on any atom is 0.120 e. The molecule has 0 amide bonds. The summed E-state index contributed by atoms with van der Waals surface area (Å²) >= 11 is 0. The van der Waals surface area contributed by atoms with Crippen molar-refractivity contribution in [3.63, 3.8) is 0 Å². The van der Waals surface area contributed by atoms with Crippen LogP contribution in [-0.2, 0) is 6.54 Å². The highest BCUT2D eigenvalue weighted by atomic mass is 16.3. The number of rotatable bonds is 4. The molecule has 0 aliphatic rings. The highest BCUT2D eigenvalue weighted by molar-refractivity contribution is 5.09. The molecule has 4 heteroatoms. The average molecular weight is 217 g/mol. The van der Waals surface area contributed by atoms with E-state index in [0.29, 0.717) is 6.54 Å².